The van der Waals surface area contributed by atoms with Crippen molar-refractivity contribution >= 4 is 17.5 Å². The highest BCUT2D eigenvalue weighted by Gasteiger charge is 2.29. The van der Waals surface area contributed by atoms with Crippen molar-refractivity contribution < 1.29 is 18.0 Å². The molecule has 3 aromatic rings. The Balaban J connectivity index is 1.70. The number of nitrogens with one attached hydrogen (secondary N) is 1. The lowest BCUT2D eigenvalue weighted by molar-refractivity contribution is -0.137. The lowest BCUT2D eigenvalue weighted by Gasteiger charge is -2.17. The Kier molecular flexibility index (Phi) is 5.58. The van der Waals surface area contributed by atoms with Gasteiger partial charge in [0.1, 0.15) is 5.69 Å². The van der Waals surface area contributed by atoms with Crippen LogP contribution in [0.25, 0.3) is 0 Å². The molecule has 0 saturated carbocycles. The van der Waals surface area contributed by atoms with E-state index in [9.17, 15) is 18.0 Å². The number of carbonyl (C=O) groups excluding carboxylic acids is 1. The summed E-state index contributed by atoms with van der Waals surface area (Å²) in [5.74, 6) is -0.166. The van der Waals surface area contributed by atoms with Crippen molar-refractivity contribution in [1.29, 1.82) is 0 Å². The van der Waals surface area contributed by atoms with E-state index < -0.39 is 11.7 Å². The number of rotatable bonds is 5. The average molecular weight is 386 g/mol. The van der Waals surface area contributed by atoms with Crippen LogP contribution in [0, 0.1) is 0 Å². The lowest BCUT2D eigenvalue weighted by atomic mass is 10.2. The summed E-state index contributed by atoms with van der Waals surface area (Å²) in [7, 11) is 1.67. The van der Waals surface area contributed by atoms with E-state index in [1.165, 1.54) is 29.3 Å². The Bertz CT molecular complexity index is 944. The third-order valence-electron chi connectivity index (χ3n) is 3.95. The first-order chi connectivity index (χ1) is 13.3. The van der Waals surface area contributed by atoms with E-state index in [-0.39, 0.29) is 17.5 Å². The number of benzene rings is 2. The van der Waals surface area contributed by atoms with Crippen molar-refractivity contribution in [2.45, 2.75) is 12.7 Å². The third-order valence-corrected chi connectivity index (χ3v) is 3.95. The second-order valence-corrected chi connectivity index (χ2v) is 6.11. The number of aromatic nitrogens is 2. The molecule has 0 aliphatic heterocycles. The minimum atomic E-state index is -4.40. The normalized spacial score (nSPS) is 11.1. The zero-order valence-electron chi connectivity index (χ0n) is 14.9. The van der Waals surface area contributed by atoms with Crippen LogP contribution in [0.1, 0.15) is 21.6 Å². The summed E-state index contributed by atoms with van der Waals surface area (Å²) in [5, 5.41) is 2.81. The fourth-order valence-electron chi connectivity index (χ4n) is 2.53. The molecule has 1 N–H and O–H groups in total. The minimum absolute atomic E-state index is 0.124. The van der Waals surface area contributed by atoms with Crippen LogP contribution in [-0.2, 0) is 12.7 Å². The van der Waals surface area contributed by atoms with E-state index in [1.807, 2.05) is 30.3 Å². The molecule has 1 heterocycles. The van der Waals surface area contributed by atoms with Crippen molar-refractivity contribution in [2.24, 2.45) is 0 Å². The van der Waals surface area contributed by atoms with Gasteiger partial charge in [-0.2, -0.15) is 13.2 Å². The predicted octanol–water partition coefficient (Wildman–Crippen LogP) is 4.51. The topological polar surface area (TPSA) is 58.1 Å². The van der Waals surface area contributed by atoms with Crippen molar-refractivity contribution in [3.8, 4) is 0 Å². The van der Waals surface area contributed by atoms with Crippen LogP contribution in [-0.4, -0.2) is 27.8 Å². The standard InChI is InChI=1S/C20H17F3N4O/c1-27(13-14-5-3-2-4-6-14)18(28)17-11-12-24-19(26-17)25-16-9-7-15(8-10-16)20(21,22)23/h2-12H,13H2,1H3,(H,24,25,26). The smallest absolute Gasteiger partial charge is 0.336 e. The van der Waals surface area contributed by atoms with Gasteiger partial charge in [0, 0.05) is 25.5 Å². The van der Waals surface area contributed by atoms with E-state index in [1.54, 1.807) is 7.05 Å². The predicted molar refractivity (Wildman–Crippen MR) is 99.0 cm³/mol. The van der Waals surface area contributed by atoms with Gasteiger partial charge in [-0.3, -0.25) is 4.79 Å². The lowest BCUT2D eigenvalue weighted by Crippen LogP contribution is -2.27. The fraction of sp³-hybridized carbons (Fsp3) is 0.150. The number of hydrogen-bond donors (Lipinski definition) is 1. The van der Waals surface area contributed by atoms with Crippen molar-refractivity contribution in [3.05, 3.63) is 83.7 Å². The van der Waals surface area contributed by atoms with Gasteiger partial charge < -0.3 is 10.2 Å². The molecule has 8 heteroatoms. The molecule has 3 rings (SSSR count). The zero-order valence-corrected chi connectivity index (χ0v) is 14.9. The molecule has 0 fully saturated rings. The summed E-state index contributed by atoms with van der Waals surface area (Å²) in [6, 6.07) is 15.5. The molecule has 1 aromatic heterocycles. The molecular formula is C20H17F3N4O. The number of nitrogens with zero attached hydrogens (tertiary/aromatic N) is 3. The number of amides is 1. The first-order valence-electron chi connectivity index (χ1n) is 8.39. The van der Waals surface area contributed by atoms with Gasteiger partial charge in [-0.05, 0) is 35.9 Å². The van der Waals surface area contributed by atoms with Crippen molar-refractivity contribution in [3.63, 3.8) is 0 Å². The van der Waals surface area contributed by atoms with E-state index in [0.717, 1.165) is 17.7 Å². The monoisotopic (exact) mass is 386 g/mol. The maximum atomic E-state index is 12.6. The second-order valence-electron chi connectivity index (χ2n) is 6.11. The van der Waals surface area contributed by atoms with Crippen LogP contribution in [0.2, 0.25) is 0 Å². The fourth-order valence-corrected chi connectivity index (χ4v) is 2.53. The molecule has 0 bridgehead atoms. The summed E-state index contributed by atoms with van der Waals surface area (Å²) in [4.78, 5) is 22.3. The molecule has 0 saturated heterocycles. The maximum Gasteiger partial charge on any atom is 0.416 e. The summed E-state index contributed by atoms with van der Waals surface area (Å²) < 4.78 is 37.9. The Morgan fingerprint density at radius 2 is 1.71 bits per heavy atom. The van der Waals surface area contributed by atoms with Gasteiger partial charge in [-0.1, -0.05) is 30.3 Å². The molecule has 0 atom stereocenters. The average Bonchev–Trinajstić information content (AvgIpc) is 2.68. The summed E-state index contributed by atoms with van der Waals surface area (Å²) in [6.07, 6.45) is -2.98. The molecule has 0 radical (unpaired) electrons. The molecule has 0 aliphatic carbocycles. The van der Waals surface area contributed by atoms with Crippen molar-refractivity contribution in [1.82, 2.24) is 14.9 Å². The molecule has 1 amide bonds. The van der Waals surface area contributed by atoms with E-state index in [0.29, 0.717) is 12.2 Å². The quantitative estimate of drug-likeness (QED) is 0.701. The maximum absolute atomic E-state index is 12.6. The van der Waals surface area contributed by atoms with Crippen LogP contribution < -0.4 is 5.32 Å². The van der Waals surface area contributed by atoms with Gasteiger partial charge in [-0.15, -0.1) is 0 Å². The molecule has 28 heavy (non-hydrogen) atoms. The van der Waals surface area contributed by atoms with Gasteiger partial charge in [-0.25, -0.2) is 9.97 Å². The van der Waals surface area contributed by atoms with Gasteiger partial charge in [0.25, 0.3) is 5.91 Å². The van der Waals surface area contributed by atoms with Crippen LogP contribution in [0.3, 0.4) is 0 Å². The van der Waals surface area contributed by atoms with E-state index >= 15 is 0 Å². The summed E-state index contributed by atoms with van der Waals surface area (Å²) in [6.45, 7) is 0.422. The van der Waals surface area contributed by atoms with Gasteiger partial charge in [0.15, 0.2) is 0 Å². The Labute approximate surface area is 159 Å². The Hall–Kier alpha value is -3.42. The van der Waals surface area contributed by atoms with Crippen LogP contribution in [0.4, 0.5) is 24.8 Å². The molecule has 2 aromatic carbocycles. The first-order valence-corrected chi connectivity index (χ1v) is 8.39. The third kappa shape index (κ3) is 4.85. The van der Waals surface area contributed by atoms with Crippen molar-refractivity contribution in [2.75, 3.05) is 12.4 Å². The van der Waals surface area contributed by atoms with Crippen LogP contribution in [0.15, 0.2) is 66.9 Å². The molecule has 144 valence electrons. The zero-order chi connectivity index (χ0) is 20.1. The molecule has 5 nitrogen and oxygen atoms in total. The summed E-state index contributed by atoms with van der Waals surface area (Å²) >= 11 is 0. The number of alkyl halides is 3. The van der Waals surface area contributed by atoms with Gasteiger partial charge in [0.2, 0.25) is 5.95 Å². The van der Waals surface area contributed by atoms with Gasteiger partial charge >= 0.3 is 6.18 Å². The SMILES string of the molecule is CN(Cc1ccccc1)C(=O)c1ccnc(Nc2ccc(C(F)(F)F)cc2)n1. The highest BCUT2D eigenvalue weighted by Crippen LogP contribution is 2.30. The largest absolute Gasteiger partial charge is 0.416 e. The number of hydrogen-bond acceptors (Lipinski definition) is 4. The molecule has 0 spiro atoms. The first kappa shape index (κ1) is 19.3. The number of anilines is 2. The Morgan fingerprint density at radius 1 is 1.04 bits per heavy atom. The second kappa shape index (κ2) is 8.08. The number of halogens is 3. The van der Waals surface area contributed by atoms with E-state index in [4.69, 9.17) is 0 Å². The molecule has 0 unspecified atom stereocenters. The summed E-state index contributed by atoms with van der Waals surface area (Å²) in [5.41, 5.74) is 0.805. The molecule has 0 aliphatic rings. The Morgan fingerprint density at radius 3 is 2.36 bits per heavy atom. The highest BCUT2D eigenvalue weighted by atomic mass is 19.4. The minimum Gasteiger partial charge on any atom is -0.336 e. The molecular weight excluding hydrogens is 369 g/mol. The van der Waals surface area contributed by atoms with Crippen LogP contribution >= 0.6 is 0 Å². The van der Waals surface area contributed by atoms with E-state index in [2.05, 4.69) is 15.3 Å². The number of carbonyl (C=O) groups is 1. The highest BCUT2D eigenvalue weighted by molar-refractivity contribution is 5.92. The van der Waals surface area contributed by atoms with Crippen LogP contribution in [0.5, 0.6) is 0 Å². The van der Waals surface area contributed by atoms with Gasteiger partial charge in [0.05, 0.1) is 5.56 Å².